The fourth-order valence-corrected chi connectivity index (χ4v) is 2.01. The molecule has 4 nitrogen and oxygen atoms in total. The van der Waals surface area contributed by atoms with Gasteiger partial charge in [-0.3, -0.25) is 0 Å². The Morgan fingerprint density at radius 1 is 1.28 bits per heavy atom. The van der Waals surface area contributed by atoms with Gasteiger partial charge in [-0.1, -0.05) is 11.6 Å². The van der Waals surface area contributed by atoms with Crippen LogP contribution in [0.15, 0.2) is 24.3 Å². The van der Waals surface area contributed by atoms with Crippen LogP contribution in [-0.4, -0.2) is 20.8 Å². The number of rotatable bonds is 4. The van der Waals surface area contributed by atoms with Crippen LogP contribution in [0.5, 0.6) is 0 Å². The second-order valence-corrected chi connectivity index (χ2v) is 5.10. The maximum Gasteiger partial charge on any atom is 0.163 e. The maximum atomic E-state index is 5.88. The van der Waals surface area contributed by atoms with Crippen molar-refractivity contribution < 1.29 is 0 Å². The first-order valence-electron chi connectivity index (χ1n) is 6.11. The third-order valence-electron chi connectivity index (χ3n) is 3.19. The molecule has 2 aromatic rings. The Labute approximate surface area is 111 Å². The zero-order chi connectivity index (χ0) is 12.5. The van der Waals surface area contributed by atoms with Crippen LogP contribution in [-0.2, 0) is 13.6 Å². The highest BCUT2D eigenvalue weighted by Gasteiger charge is 2.21. The molecule has 0 saturated heterocycles. The van der Waals surface area contributed by atoms with Crippen molar-refractivity contribution >= 4 is 11.6 Å². The lowest BCUT2D eigenvalue weighted by molar-refractivity contribution is 0.634. The van der Waals surface area contributed by atoms with Gasteiger partial charge in [0.25, 0.3) is 0 Å². The average molecular weight is 263 g/mol. The highest BCUT2D eigenvalue weighted by molar-refractivity contribution is 6.30. The molecule has 0 radical (unpaired) electrons. The molecule has 3 rings (SSSR count). The molecule has 1 aromatic heterocycles. The van der Waals surface area contributed by atoms with E-state index in [0.717, 1.165) is 28.8 Å². The molecule has 1 aromatic carbocycles. The normalized spacial score (nSPS) is 15.0. The fraction of sp³-hybridized carbons (Fsp3) is 0.385. The van der Waals surface area contributed by atoms with Gasteiger partial charge in [0.1, 0.15) is 5.82 Å². The van der Waals surface area contributed by atoms with Crippen molar-refractivity contribution in [2.45, 2.75) is 25.4 Å². The first-order valence-corrected chi connectivity index (χ1v) is 6.49. The molecule has 0 aliphatic heterocycles. The van der Waals surface area contributed by atoms with Crippen LogP contribution in [0.25, 0.3) is 11.4 Å². The number of benzene rings is 1. The lowest BCUT2D eigenvalue weighted by Gasteiger charge is -2.05. The second kappa shape index (κ2) is 4.71. The summed E-state index contributed by atoms with van der Waals surface area (Å²) in [6.07, 6.45) is 2.56. The van der Waals surface area contributed by atoms with Crippen LogP contribution in [0, 0.1) is 0 Å². The van der Waals surface area contributed by atoms with Crippen molar-refractivity contribution in [3.63, 3.8) is 0 Å². The van der Waals surface area contributed by atoms with E-state index in [1.54, 1.807) is 0 Å². The number of hydrogen-bond acceptors (Lipinski definition) is 3. The molecular formula is C13H15ClN4. The molecule has 0 unspecified atom stereocenters. The standard InChI is InChI=1S/C13H15ClN4/c1-18-12(8-15-11-6-7-11)16-17-13(18)9-2-4-10(14)5-3-9/h2-5,11,15H,6-8H2,1H3. The molecule has 1 N–H and O–H groups in total. The largest absolute Gasteiger partial charge is 0.313 e. The summed E-state index contributed by atoms with van der Waals surface area (Å²) in [4.78, 5) is 0. The Morgan fingerprint density at radius 2 is 2.00 bits per heavy atom. The Kier molecular flexibility index (Phi) is 3.06. The zero-order valence-corrected chi connectivity index (χ0v) is 11.0. The monoisotopic (exact) mass is 262 g/mol. The fourth-order valence-electron chi connectivity index (χ4n) is 1.89. The van der Waals surface area contributed by atoms with Gasteiger partial charge in [-0.05, 0) is 37.1 Å². The highest BCUT2D eigenvalue weighted by Crippen LogP contribution is 2.21. The molecule has 1 fully saturated rings. The van der Waals surface area contributed by atoms with Crippen LogP contribution in [0.1, 0.15) is 18.7 Å². The van der Waals surface area contributed by atoms with Crippen LogP contribution in [0.3, 0.4) is 0 Å². The summed E-state index contributed by atoms with van der Waals surface area (Å²) >= 11 is 5.88. The van der Waals surface area contributed by atoms with E-state index < -0.39 is 0 Å². The summed E-state index contributed by atoms with van der Waals surface area (Å²) in [6.45, 7) is 0.780. The SMILES string of the molecule is Cn1c(CNC2CC2)nnc1-c1ccc(Cl)cc1. The third kappa shape index (κ3) is 2.40. The maximum absolute atomic E-state index is 5.88. The Bertz CT molecular complexity index is 543. The van der Waals surface area contributed by atoms with Crippen molar-refractivity contribution in [2.24, 2.45) is 7.05 Å². The van der Waals surface area contributed by atoms with E-state index in [4.69, 9.17) is 11.6 Å². The third-order valence-corrected chi connectivity index (χ3v) is 3.45. The van der Waals surface area contributed by atoms with E-state index in [1.165, 1.54) is 12.8 Å². The zero-order valence-electron chi connectivity index (χ0n) is 10.2. The summed E-state index contributed by atoms with van der Waals surface area (Å²) in [6, 6.07) is 8.34. The molecule has 1 saturated carbocycles. The van der Waals surface area contributed by atoms with Crippen molar-refractivity contribution in [2.75, 3.05) is 0 Å². The minimum atomic E-state index is 0.681. The molecule has 0 bridgehead atoms. The molecule has 0 spiro atoms. The van der Waals surface area contributed by atoms with E-state index in [9.17, 15) is 0 Å². The highest BCUT2D eigenvalue weighted by atomic mass is 35.5. The van der Waals surface area contributed by atoms with E-state index in [-0.39, 0.29) is 0 Å². The number of halogens is 1. The van der Waals surface area contributed by atoms with Gasteiger partial charge in [0.2, 0.25) is 0 Å². The summed E-state index contributed by atoms with van der Waals surface area (Å²) in [7, 11) is 1.99. The quantitative estimate of drug-likeness (QED) is 0.920. The molecule has 1 heterocycles. The minimum absolute atomic E-state index is 0.681. The second-order valence-electron chi connectivity index (χ2n) is 4.66. The lowest BCUT2D eigenvalue weighted by Crippen LogP contribution is -2.18. The van der Waals surface area contributed by atoms with Crippen LogP contribution < -0.4 is 5.32 Å². The van der Waals surface area contributed by atoms with E-state index in [2.05, 4.69) is 15.5 Å². The van der Waals surface area contributed by atoms with Crippen molar-refractivity contribution in [3.8, 4) is 11.4 Å². The van der Waals surface area contributed by atoms with Gasteiger partial charge < -0.3 is 9.88 Å². The molecule has 1 aliphatic carbocycles. The van der Waals surface area contributed by atoms with Crippen molar-refractivity contribution in [3.05, 3.63) is 35.1 Å². The molecule has 18 heavy (non-hydrogen) atoms. The first-order chi connectivity index (χ1) is 8.74. The molecule has 94 valence electrons. The van der Waals surface area contributed by atoms with Crippen molar-refractivity contribution in [1.82, 2.24) is 20.1 Å². The summed E-state index contributed by atoms with van der Waals surface area (Å²) in [5, 5.41) is 12.7. The Balaban J connectivity index is 1.81. The number of nitrogens with one attached hydrogen (secondary N) is 1. The molecule has 5 heteroatoms. The van der Waals surface area contributed by atoms with E-state index >= 15 is 0 Å². The topological polar surface area (TPSA) is 42.7 Å². The predicted molar refractivity (Wildman–Crippen MR) is 71.3 cm³/mol. The minimum Gasteiger partial charge on any atom is -0.313 e. The van der Waals surface area contributed by atoms with Crippen LogP contribution in [0.2, 0.25) is 5.02 Å². The van der Waals surface area contributed by atoms with E-state index in [1.807, 2.05) is 35.9 Å². The van der Waals surface area contributed by atoms with Gasteiger partial charge in [0.15, 0.2) is 5.82 Å². The smallest absolute Gasteiger partial charge is 0.163 e. The van der Waals surface area contributed by atoms with Gasteiger partial charge in [-0.25, -0.2) is 0 Å². The van der Waals surface area contributed by atoms with Gasteiger partial charge in [-0.2, -0.15) is 0 Å². The molecule has 1 aliphatic rings. The Morgan fingerprint density at radius 3 is 2.67 bits per heavy atom. The van der Waals surface area contributed by atoms with E-state index in [0.29, 0.717) is 6.04 Å². The molecule has 0 amide bonds. The number of hydrogen-bond donors (Lipinski definition) is 1. The van der Waals surface area contributed by atoms with Gasteiger partial charge >= 0.3 is 0 Å². The van der Waals surface area contributed by atoms with Crippen LogP contribution >= 0.6 is 11.6 Å². The first kappa shape index (κ1) is 11.7. The summed E-state index contributed by atoms with van der Waals surface area (Å²) < 4.78 is 2.03. The number of nitrogens with zero attached hydrogens (tertiary/aromatic N) is 3. The molecule has 0 atom stereocenters. The predicted octanol–water partition coefficient (Wildman–Crippen LogP) is 2.39. The summed E-state index contributed by atoms with van der Waals surface area (Å²) in [5.41, 5.74) is 1.03. The van der Waals surface area contributed by atoms with Crippen molar-refractivity contribution in [1.29, 1.82) is 0 Å². The lowest BCUT2D eigenvalue weighted by atomic mass is 10.2. The summed E-state index contributed by atoms with van der Waals surface area (Å²) in [5.74, 6) is 1.84. The number of aromatic nitrogens is 3. The average Bonchev–Trinajstić information content (AvgIpc) is 3.13. The van der Waals surface area contributed by atoms with Gasteiger partial charge in [0, 0.05) is 23.7 Å². The molecular weight excluding hydrogens is 248 g/mol. The van der Waals surface area contributed by atoms with Gasteiger partial charge in [0.05, 0.1) is 6.54 Å². The van der Waals surface area contributed by atoms with Crippen LogP contribution in [0.4, 0.5) is 0 Å². The van der Waals surface area contributed by atoms with Gasteiger partial charge in [-0.15, -0.1) is 10.2 Å². The Hall–Kier alpha value is -1.39.